The largest absolute Gasteiger partial charge is 0.368 e. The van der Waals surface area contributed by atoms with Gasteiger partial charge in [0.25, 0.3) is 0 Å². The first-order valence-corrected chi connectivity index (χ1v) is 6.35. The topological polar surface area (TPSA) is 76.7 Å². The standard InChI is InChI=1S/C12H11N5S/c13-12-16-9-4-2-1-3-8(9)11(17-12)15-7-10-14-5-6-18-10/h1-6H,7H2,(H3,13,15,16,17). The van der Waals surface area contributed by atoms with Crippen LogP contribution in [0, 0.1) is 0 Å². The zero-order valence-electron chi connectivity index (χ0n) is 9.50. The third-order valence-electron chi connectivity index (χ3n) is 2.51. The van der Waals surface area contributed by atoms with Gasteiger partial charge in [0.15, 0.2) is 0 Å². The van der Waals surface area contributed by atoms with E-state index >= 15 is 0 Å². The molecule has 0 saturated carbocycles. The van der Waals surface area contributed by atoms with Gasteiger partial charge in [-0.1, -0.05) is 12.1 Å². The molecule has 18 heavy (non-hydrogen) atoms. The molecule has 2 heterocycles. The number of anilines is 2. The van der Waals surface area contributed by atoms with Crippen LogP contribution in [0.1, 0.15) is 5.01 Å². The maximum absolute atomic E-state index is 5.70. The number of nitrogen functional groups attached to an aromatic ring is 1. The Morgan fingerprint density at radius 1 is 1.22 bits per heavy atom. The third kappa shape index (κ3) is 2.10. The first-order chi connectivity index (χ1) is 8.83. The predicted octanol–water partition coefficient (Wildman–Crippen LogP) is 2.28. The minimum Gasteiger partial charge on any atom is -0.368 e. The van der Waals surface area contributed by atoms with Crippen LogP contribution in [0.2, 0.25) is 0 Å². The molecule has 3 N–H and O–H groups in total. The molecular weight excluding hydrogens is 246 g/mol. The van der Waals surface area contributed by atoms with E-state index in [1.54, 1.807) is 17.5 Å². The third-order valence-corrected chi connectivity index (χ3v) is 3.29. The van der Waals surface area contributed by atoms with E-state index in [1.807, 2.05) is 29.6 Å². The molecule has 0 aliphatic carbocycles. The average molecular weight is 257 g/mol. The van der Waals surface area contributed by atoms with Crippen molar-refractivity contribution in [3.8, 4) is 0 Å². The Hall–Kier alpha value is -2.21. The van der Waals surface area contributed by atoms with Crippen molar-refractivity contribution in [2.24, 2.45) is 0 Å². The molecule has 5 nitrogen and oxygen atoms in total. The number of fused-ring (bicyclic) bond motifs is 1. The maximum atomic E-state index is 5.70. The molecule has 0 amide bonds. The summed E-state index contributed by atoms with van der Waals surface area (Å²) >= 11 is 1.60. The molecule has 0 aliphatic heterocycles. The van der Waals surface area contributed by atoms with Crippen LogP contribution in [0.15, 0.2) is 35.8 Å². The second kappa shape index (κ2) is 4.58. The van der Waals surface area contributed by atoms with Crippen LogP contribution < -0.4 is 11.1 Å². The lowest BCUT2D eigenvalue weighted by atomic mass is 10.2. The van der Waals surface area contributed by atoms with Crippen molar-refractivity contribution >= 4 is 34.0 Å². The average Bonchev–Trinajstić information content (AvgIpc) is 2.89. The molecule has 0 fully saturated rings. The molecular formula is C12H11N5S. The van der Waals surface area contributed by atoms with E-state index in [0.717, 1.165) is 21.7 Å². The minimum absolute atomic E-state index is 0.273. The molecule has 0 saturated heterocycles. The van der Waals surface area contributed by atoms with Gasteiger partial charge in [0, 0.05) is 17.0 Å². The van der Waals surface area contributed by atoms with Crippen LogP contribution in [-0.2, 0) is 6.54 Å². The summed E-state index contributed by atoms with van der Waals surface area (Å²) in [5.74, 6) is 1.02. The zero-order valence-corrected chi connectivity index (χ0v) is 10.3. The number of hydrogen-bond acceptors (Lipinski definition) is 6. The highest BCUT2D eigenvalue weighted by Crippen LogP contribution is 2.21. The van der Waals surface area contributed by atoms with Crippen molar-refractivity contribution in [1.82, 2.24) is 15.0 Å². The van der Waals surface area contributed by atoms with Crippen molar-refractivity contribution in [3.05, 3.63) is 40.8 Å². The highest BCUT2D eigenvalue weighted by molar-refractivity contribution is 7.09. The van der Waals surface area contributed by atoms with E-state index in [2.05, 4.69) is 20.3 Å². The zero-order chi connectivity index (χ0) is 12.4. The van der Waals surface area contributed by atoms with E-state index < -0.39 is 0 Å². The number of benzene rings is 1. The van der Waals surface area contributed by atoms with Gasteiger partial charge in [-0.05, 0) is 12.1 Å². The summed E-state index contributed by atoms with van der Waals surface area (Å²) in [6, 6.07) is 7.77. The highest BCUT2D eigenvalue weighted by Gasteiger charge is 2.05. The summed E-state index contributed by atoms with van der Waals surface area (Å²) in [6.45, 7) is 0.637. The lowest BCUT2D eigenvalue weighted by Gasteiger charge is -2.07. The Bertz CT molecular complexity index is 665. The van der Waals surface area contributed by atoms with Gasteiger partial charge in [0.1, 0.15) is 10.8 Å². The van der Waals surface area contributed by atoms with Gasteiger partial charge < -0.3 is 11.1 Å². The SMILES string of the molecule is Nc1nc(NCc2nccs2)c2ccccc2n1. The smallest absolute Gasteiger partial charge is 0.222 e. The number of rotatable bonds is 3. The molecule has 3 rings (SSSR count). The van der Waals surface area contributed by atoms with Gasteiger partial charge >= 0.3 is 0 Å². The van der Waals surface area contributed by atoms with Crippen LogP contribution in [-0.4, -0.2) is 15.0 Å². The summed E-state index contributed by atoms with van der Waals surface area (Å²) in [5.41, 5.74) is 6.54. The molecule has 1 aromatic carbocycles. The van der Waals surface area contributed by atoms with Crippen LogP contribution in [0.5, 0.6) is 0 Å². The number of aromatic nitrogens is 3. The van der Waals surface area contributed by atoms with Crippen molar-refractivity contribution in [1.29, 1.82) is 0 Å². The Labute approximate surface area is 108 Å². The summed E-state index contributed by atoms with van der Waals surface area (Å²) in [4.78, 5) is 12.6. The fourth-order valence-electron chi connectivity index (χ4n) is 1.73. The Morgan fingerprint density at radius 2 is 2.11 bits per heavy atom. The summed E-state index contributed by atoms with van der Waals surface area (Å²) in [5, 5.41) is 7.17. The molecule has 0 radical (unpaired) electrons. The van der Waals surface area contributed by atoms with E-state index in [0.29, 0.717) is 6.54 Å². The van der Waals surface area contributed by atoms with Crippen molar-refractivity contribution < 1.29 is 0 Å². The van der Waals surface area contributed by atoms with Crippen molar-refractivity contribution in [3.63, 3.8) is 0 Å². The molecule has 0 unspecified atom stereocenters. The molecule has 0 spiro atoms. The molecule has 3 aromatic rings. The summed E-state index contributed by atoms with van der Waals surface area (Å²) < 4.78 is 0. The minimum atomic E-state index is 0.273. The second-order valence-corrected chi connectivity index (χ2v) is 4.71. The Kier molecular flexibility index (Phi) is 2.77. The van der Waals surface area contributed by atoms with E-state index in [9.17, 15) is 0 Å². The van der Waals surface area contributed by atoms with Gasteiger partial charge in [0.2, 0.25) is 5.95 Å². The van der Waals surface area contributed by atoms with Crippen LogP contribution in [0.3, 0.4) is 0 Å². The lowest BCUT2D eigenvalue weighted by Crippen LogP contribution is -2.05. The maximum Gasteiger partial charge on any atom is 0.222 e. The first-order valence-electron chi connectivity index (χ1n) is 5.47. The molecule has 90 valence electrons. The van der Waals surface area contributed by atoms with Crippen molar-refractivity contribution in [2.45, 2.75) is 6.54 Å². The monoisotopic (exact) mass is 257 g/mol. The molecule has 0 atom stereocenters. The fraction of sp³-hybridized carbons (Fsp3) is 0.0833. The fourth-order valence-corrected chi connectivity index (χ4v) is 2.28. The number of para-hydroxylation sites is 1. The Balaban J connectivity index is 1.95. The normalized spacial score (nSPS) is 10.7. The molecule has 0 aliphatic rings. The van der Waals surface area contributed by atoms with Gasteiger partial charge in [-0.25, -0.2) is 9.97 Å². The van der Waals surface area contributed by atoms with E-state index in [4.69, 9.17) is 5.73 Å². The number of nitrogens with one attached hydrogen (secondary N) is 1. The summed E-state index contributed by atoms with van der Waals surface area (Å²) in [6.07, 6.45) is 1.79. The second-order valence-electron chi connectivity index (χ2n) is 3.73. The number of nitrogens with zero attached hydrogens (tertiary/aromatic N) is 3. The van der Waals surface area contributed by atoms with Gasteiger partial charge in [-0.2, -0.15) is 4.98 Å². The van der Waals surface area contributed by atoms with Crippen LogP contribution >= 0.6 is 11.3 Å². The number of hydrogen-bond donors (Lipinski definition) is 2. The number of nitrogens with two attached hydrogens (primary N) is 1. The quantitative estimate of drug-likeness (QED) is 0.752. The Morgan fingerprint density at radius 3 is 2.94 bits per heavy atom. The lowest BCUT2D eigenvalue weighted by molar-refractivity contribution is 1.08. The number of thiazole rings is 1. The van der Waals surface area contributed by atoms with E-state index in [1.165, 1.54) is 0 Å². The molecule has 6 heteroatoms. The first kappa shape index (κ1) is 10.9. The van der Waals surface area contributed by atoms with E-state index in [-0.39, 0.29) is 5.95 Å². The summed E-state index contributed by atoms with van der Waals surface area (Å²) in [7, 11) is 0. The molecule has 2 aromatic heterocycles. The van der Waals surface area contributed by atoms with Gasteiger partial charge in [-0.15, -0.1) is 11.3 Å². The van der Waals surface area contributed by atoms with Crippen LogP contribution in [0.25, 0.3) is 10.9 Å². The highest BCUT2D eigenvalue weighted by atomic mass is 32.1. The van der Waals surface area contributed by atoms with Gasteiger partial charge in [0.05, 0.1) is 12.1 Å². The van der Waals surface area contributed by atoms with Gasteiger partial charge in [-0.3, -0.25) is 0 Å². The van der Waals surface area contributed by atoms with Crippen molar-refractivity contribution in [2.75, 3.05) is 11.1 Å². The van der Waals surface area contributed by atoms with Crippen LogP contribution in [0.4, 0.5) is 11.8 Å². The molecule has 0 bridgehead atoms. The predicted molar refractivity (Wildman–Crippen MR) is 73.4 cm³/mol.